The number of benzene rings is 1. The van der Waals surface area contributed by atoms with Gasteiger partial charge < -0.3 is 0 Å². The lowest BCUT2D eigenvalue weighted by Crippen LogP contribution is -2.09. The number of pyridine rings is 1. The van der Waals surface area contributed by atoms with Gasteiger partial charge in [0.15, 0.2) is 0 Å². The van der Waals surface area contributed by atoms with Crippen molar-refractivity contribution in [2.75, 3.05) is 11.5 Å². The third kappa shape index (κ3) is 2.63. The second-order valence-corrected chi connectivity index (χ2v) is 9.99. The number of sulfonamides is 1. The monoisotopic (exact) mass is 338 g/mol. The second kappa shape index (κ2) is 5.31. The number of fused-ring (bicyclic) bond motifs is 1. The molecule has 1 aliphatic rings. The molecule has 0 N–H and O–H groups in total. The Morgan fingerprint density at radius 1 is 1.18 bits per heavy atom. The highest BCUT2D eigenvalue weighted by Gasteiger charge is 2.26. The molecule has 0 amide bonds. The van der Waals surface area contributed by atoms with Crippen molar-refractivity contribution in [2.24, 2.45) is 3.77 Å². The van der Waals surface area contributed by atoms with Gasteiger partial charge in [-0.3, -0.25) is 4.98 Å². The first-order chi connectivity index (χ1) is 10.3. The van der Waals surface area contributed by atoms with Crippen LogP contribution in [0.25, 0.3) is 10.9 Å². The van der Waals surface area contributed by atoms with Gasteiger partial charge in [-0.25, -0.2) is 4.21 Å². The highest BCUT2D eigenvalue weighted by molar-refractivity contribution is 8.03. The quantitative estimate of drug-likeness (QED) is 0.843. The lowest BCUT2D eigenvalue weighted by atomic mass is 10.1. The van der Waals surface area contributed by atoms with Crippen molar-refractivity contribution in [3.63, 3.8) is 0 Å². The molecule has 118 valence electrons. The molecule has 0 unspecified atom stereocenters. The molecule has 1 fully saturated rings. The molecule has 7 heteroatoms. The third-order valence-corrected chi connectivity index (χ3v) is 8.66. The molecule has 0 aliphatic carbocycles. The van der Waals surface area contributed by atoms with E-state index in [1.807, 2.05) is 19.1 Å². The number of aryl methyl sites for hydroxylation is 2. The minimum Gasteiger partial charge on any atom is -0.255 e. The van der Waals surface area contributed by atoms with Crippen molar-refractivity contribution in [3.8, 4) is 0 Å². The zero-order valence-electron chi connectivity index (χ0n) is 12.6. The van der Waals surface area contributed by atoms with Gasteiger partial charge in [0.1, 0.15) is 4.90 Å². The average Bonchev–Trinajstić information content (AvgIpc) is 2.83. The summed E-state index contributed by atoms with van der Waals surface area (Å²) in [5.41, 5.74) is 1.96. The number of aromatic nitrogens is 1. The molecule has 0 spiro atoms. The van der Waals surface area contributed by atoms with Gasteiger partial charge in [-0.2, -0.15) is 8.42 Å². The van der Waals surface area contributed by atoms with E-state index in [0.717, 1.165) is 23.8 Å². The largest absolute Gasteiger partial charge is 0.292 e. The smallest absolute Gasteiger partial charge is 0.255 e. The van der Waals surface area contributed by atoms with Crippen LogP contribution < -0.4 is 0 Å². The summed E-state index contributed by atoms with van der Waals surface area (Å²) < 4.78 is 41.8. The van der Waals surface area contributed by atoms with Crippen molar-refractivity contribution in [1.82, 2.24) is 4.98 Å². The first-order valence-electron chi connectivity index (χ1n) is 7.16. The average molecular weight is 338 g/mol. The van der Waals surface area contributed by atoms with Gasteiger partial charge in [0.2, 0.25) is 0 Å². The van der Waals surface area contributed by atoms with Crippen LogP contribution in [0.5, 0.6) is 0 Å². The molecule has 1 aliphatic heterocycles. The van der Waals surface area contributed by atoms with Crippen molar-refractivity contribution < 1.29 is 12.6 Å². The Bertz CT molecular complexity index is 960. The zero-order valence-corrected chi connectivity index (χ0v) is 14.2. The van der Waals surface area contributed by atoms with E-state index in [-0.39, 0.29) is 4.90 Å². The first kappa shape index (κ1) is 15.4. The van der Waals surface area contributed by atoms with Gasteiger partial charge in [0.05, 0.1) is 15.2 Å². The molecule has 1 aromatic carbocycles. The molecule has 0 radical (unpaired) electrons. The Morgan fingerprint density at radius 3 is 2.55 bits per heavy atom. The van der Waals surface area contributed by atoms with E-state index >= 15 is 0 Å². The van der Waals surface area contributed by atoms with Crippen molar-refractivity contribution in [2.45, 2.75) is 31.6 Å². The highest BCUT2D eigenvalue weighted by atomic mass is 32.3. The summed E-state index contributed by atoms with van der Waals surface area (Å²) in [5.74, 6) is 0.727. The molecule has 3 rings (SSSR count). The van der Waals surface area contributed by atoms with Crippen LogP contribution in [-0.4, -0.2) is 29.1 Å². The van der Waals surface area contributed by atoms with Gasteiger partial charge in [0.25, 0.3) is 10.0 Å². The molecule has 0 atom stereocenters. The molecule has 1 saturated heterocycles. The molecular formula is C15H18N2O3S2. The van der Waals surface area contributed by atoms with Crippen molar-refractivity contribution in [3.05, 3.63) is 35.5 Å². The second-order valence-electron chi connectivity index (χ2n) is 5.68. The molecule has 0 saturated carbocycles. The maximum atomic E-state index is 12.8. The Balaban J connectivity index is 2.33. The summed E-state index contributed by atoms with van der Waals surface area (Å²) >= 11 is 0. The van der Waals surface area contributed by atoms with E-state index in [2.05, 4.69) is 8.75 Å². The van der Waals surface area contributed by atoms with Gasteiger partial charge in [-0.1, -0.05) is 12.1 Å². The summed E-state index contributed by atoms with van der Waals surface area (Å²) in [6.45, 7) is 3.65. The van der Waals surface area contributed by atoms with Gasteiger partial charge in [0, 0.05) is 23.1 Å². The molecule has 2 aromatic rings. The number of nitrogens with zero attached hydrogens (tertiary/aromatic N) is 2. The van der Waals surface area contributed by atoms with Crippen molar-refractivity contribution >= 4 is 30.7 Å². The molecule has 0 bridgehead atoms. The third-order valence-electron chi connectivity index (χ3n) is 3.91. The van der Waals surface area contributed by atoms with Crippen LogP contribution in [0.3, 0.4) is 0 Å². The molecule has 5 nitrogen and oxygen atoms in total. The fraction of sp³-hybridized carbons (Fsp3) is 0.400. The van der Waals surface area contributed by atoms with E-state index in [0.29, 0.717) is 22.6 Å². The van der Waals surface area contributed by atoms with Crippen LogP contribution in [0.4, 0.5) is 0 Å². The van der Waals surface area contributed by atoms with E-state index < -0.39 is 19.8 Å². The highest BCUT2D eigenvalue weighted by Crippen LogP contribution is 2.30. The number of hydrogen-bond donors (Lipinski definition) is 0. The van der Waals surface area contributed by atoms with Crippen LogP contribution in [0.15, 0.2) is 33.1 Å². The summed E-state index contributed by atoms with van der Waals surface area (Å²) in [6.07, 6.45) is 3.10. The fourth-order valence-corrected chi connectivity index (χ4v) is 7.65. The topological polar surface area (TPSA) is 76.5 Å². The SMILES string of the molecule is Cc1cc(C)c2cccnc2c1S(=O)(=O)N=S1(=O)CCCC1. The Morgan fingerprint density at radius 2 is 1.86 bits per heavy atom. The van der Waals surface area contributed by atoms with Crippen molar-refractivity contribution in [1.29, 1.82) is 0 Å². The standard InChI is InChI=1S/C15H18N2O3S2/c1-11-10-12(2)15(14-13(11)6-5-7-16-14)22(19,20)17-21(18)8-3-4-9-21/h5-7,10H,3-4,8-9H2,1-2H3. The summed E-state index contributed by atoms with van der Waals surface area (Å²) in [6, 6.07) is 5.43. The molecule has 1 aromatic heterocycles. The fourth-order valence-electron chi connectivity index (χ4n) is 2.93. The van der Waals surface area contributed by atoms with Crippen LogP contribution in [0.2, 0.25) is 0 Å². The summed E-state index contributed by atoms with van der Waals surface area (Å²) in [7, 11) is -6.63. The predicted octanol–water partition coefficient (Wildman–Crippen LogP) is 2.80. The minimum absolute atomic E-state index is 0.0864. The normalized spacial score (nSPS) is 17.7. The zero-order chi connectivity index (χ0) is 16.0. The van der Waals surface area contributed by atoms with Crippen LogP contribution >= 0.6 is 0 Å². The Labute approximate surface area is 131 Å². The lowest BCUT2D eigenvalue weighted by molar-refractivity contribution is 0.598. The Hall–Kier alpha value is -1.47. The predicted molar refractivity (Wildman–Crippen MR) is 87.9 cm³/mol. The first-order valence-corrected chi connectivity index (χ1v) is 10.5. The number of hydrogen-bond acceptors (Lipinski definition) is 4. The van der Waals surface area contributed by atoms with E-state index in [9.17, 15) is 12.6 Å². The molecule has 2 heterocycles. The maximum Gasteiger partial charge on any atom is 0.292 e. The van der Waals surface area contributed by atoms with Crippen LogP contribution in [-0.2, 0) is 19.8 Å². The van der Waals surface area contributed by atoms with Crippen LogP contribution in [0, 0.1) is 13.8 Å². The number of rotatable bonds is 2. The minimum atomic E-state index is -3.99. The van der Waals surface area contributed by atoms with Gasteiger partial charge in [-0.05, 0) is 43.9 Å². The van der Waals surface area contributed by atoms with E-state index in [1.165, 1.54) is 0 Å². The van der Waals surface area contributed by atoms with E-state index in [4.69, 9.17) is 0 Å². The Kier molecular flexibility index (Phi) is 3.72. The van der Waals surface area contributed by atoms with Gasteiger partial charge >= 0.3 is 0 Å². The van der Waals surface area contributed by atoms with E-state index in [1.54, 1.807) is 19.2 Å². The summed E-state index contributed by atoms with van der Waals surface area (Å²) in [4.78, 5) is 4.32. The van der Waals surface area contributed by atoms with Gasteiger partial charge in [-0.15, -0.1) is 3.77 Å². The van der Waals surface area contributed by atoms with Crippen LogP contribution in [0.1, 0.15) is 24.0 Å². The molecule has 22 heavy (non-hydrogen) atoms. The summed E-state index contributed by atoms with van der Waals surface area (Å²) in [5, 5.41) is 0.781. The lowest BCUT2D eigenvalue weighted by Gasteiger charge is -2.11. The maximum absolute atomic E-state index is 12.8. The molecular weight excluding hydrogens is 320 g/mol.